The molecular weight excluding hydrogens is 378 g/mol. The van der Waals surface area contributed by atoms with Crippen LogP contribution in [0.5, 0.6) is 0 Å². The lowest BCUT2D eigenvalue weighted by Gasteiger charge is -2.36. The van der Waals surface area contributed by atoms with E-state index in [1.54, 1.807) is 10.4 Å². The van der Waals surface area contributed by atoms with Gasteiger partial charge in [-0.1, -0.05) is 36.8 Å². The Morgan fingerprint density at radius 2 is 1.81 bits per heavy atom. The van der Waals surface area contributed by atoms with Crippen molar-refractivity contribution in [3.8, 4) is 0 Å². The third kappa shape index (κ3) is 4.36. The fourth-order valence-electron chi connectivity index (χ4n) is 4.63. The summed E-state index contributed by atoms with van der Waals surface area (Å²) in [6.45, 7) is 2.23. The number of rotatable bonds is 4. The van der Waals surface area contributed by atoms with Crippen molar-refractivity contribution in [2.45, 2.75) is 31.7 Å². The number of benzene rings is 1. The maximum absolute atomic E-state index is 12.6. The van der Waals surface area contributed by atoms with Gasteiger partial charge in [0.2, 0.25) is 10.0 Å². The second kappa shape index (κ2) is 7.89. The first-order chi connectivity index (χ1) is 13.0. The molecule has 3 atom stereocenters. The molecule has 0 unspecified atom stereocenters. The summed E-state index contributed by atoms with van der Waals surface area (Å²) in [6, 6.07) is 10.0. The van der Waals surface area contributed by atoms with Crippen LogP contribution in [0.2, 0.25) is 0 Å². The molecule has 4 rings (SSSR count). The van der Waals surface area contributed by atoms with Crippen molar-refractivity contribution in [2.24, 2.45) is 11.8 Å². The Kier molecular flexibility index (Phi) is 5.53. The average molecular weight is 406 g/mol. The number of piperazine rings is 1. The number of hydrogen-bond donors (Lipinski definition) is 1. The fourth-order valence-corrected chi connectivity index (χ4v) is 6.14. The fraction of sp³-hybridized carbons (Fsp3) is 0.550. The zero-order chi connectivity index (χ0) is 18.9. The number of nitrogens with zero attached hydrogens (tertiary/aromatic N) is 2. The lowest BCUT2D eigenvalue weighted by atomic mass is 9.95. The molecule has 146 valence electrons. The van der Waals surface area contributed by atoms with Crippen molar-refractivity contribution >= 4 is 33.4 Å². The second-order valence-corrected chi connectivity index (χ2v) is 10.1. The van der Waals surface area contributed by atoms with Gasteiger partial charge in [-0.3, -0.25) is 0 Å². The van der Waals surface area contributed by atoms with Gasteiger partial charge in [0.1, 0.15) is 0 Å². The van der Waals surface area contributed by atoms with Gasteiger partial charge in [-0.2, -0.15) is 4.31 Å². The molecule has 1 N–H and O–H groups in total. The number of thiocarbonyl (C=S) groups is 1. The van der Waals surface area contributed by atoms with Crippen LogP contribution in [0.15, 0.2) is 35.7 Å². The Bertz CT molecular complexity index is 802. The molecule has 2 bridgehead atoms. The van der Waals surface area contributed by atoms with E-state index in [2.05, 4.69) is 10.2 Å². The Morgan fingerprint density at radius 1 is 1.07 bits per heavy atom. The first-order valence-corrected chi connectivity index (χ1v) is 11.7. The monoisotopic (exact) mass is 405 g/mol. The number of sulfonamides is 1. The summed E-state index contributed by atoms with van der Waals surface area (Å²) < 4.78 is 26.7. The van der Waals surface area contributed by atoms with E-state index >= 15 is 0 Å². The van der Waals surface area contributed by atoms with Gasteiger partial charge >= 0.3 is 0 Å². The molecule has 1 saturated heterocycles. The van der Waals surface area contributed by atoms with Crippen LogP contribution in [0.25, 0.3) is 6.08 Å². The molecule has 0 aromatic heterocycles. The summed E-state index contributed by atoms with van der Waals surface area (Å²) in [4.78, 5) is 2.12. The minimum absolute atomic E-state index is 0.472. The summed E-state index contributed by atoms with van der Waals surface area (Å²) >= 11 is 5.61. The molecule has 0 radical (unpaired) electrons. The van der Waals surface area contributed by atoms with Crippen LogP contribution in [0.3, 0.4) is 0 Å². The van der Waals surface area contributed by atoms with E-state index in [9.17, 15) is 8.42 Å². The molecule has 27 heavy (non-hydrogen) atoms. The van der Waals surface area contributed by atoms with E-state index in [1.807, 2.05) is 30.3 Å². The summed E-state index contributed by atoms with van der Waals surface area (Å²) in [7, 11) is -3.40. The summed E-state index contributed by atoms with van der Waals surface area (Å²) in [6.07, 6.45) is 6.94. The normalized spacial score (nSPS) is 28.7. The Morgan fingerprint density at radius 3 is 2.44 bits per heavy atom. The molecule has 3 aliphatic rings. The van der Waals surface area contributed by atoms with Crippen molar-refractivity contribution in [1.82, 2.24) is 14.5 Å². The Balaban J connectivity index is 1.29. The smallest absolute Gasteiger partial charge is 0.236 e. The van der Waals surface area contributed by atoms with E-state index < -0.39 is 10.0 Å². The standard InChI is InChI=1S/C20H27N3O2S2/c24-27(25,13-8-16-4-2-1-3-5-16)23-11-9-22(10-12-23)20(26)21-19-15-17-6-7-18(19)14-17/h1-5,8,13,17-19H,6-7,9-12,14-15H2,(H,21,26)/b13-8+/t17-,18-,19-/m1/s1. The van der Waals surface area contributed by atoms with E-state index in [1.165, 1.54) is 31.1 Å². The van der Waals surface area contributed by atoms with Crippen molar-refractivity contribution in [3.05, 3.63) is 41.3 Å². The quantitative estimate of drug-likeness (QED) is 0.781. The maximum atomic E-state index is 12.6. The largest absolute Gasteiger partial charge is 0.360 e. The van der Waals surface area contributed by atoms with Gasteiger partial charge in [-0.05, 0) is 55.0 Å². The van der Waals surface area contributed by atoms with Gasteiger partial charge in [0.25, 0.3) is 0 Å². The summed E-state index contributed by atoms with van der Waals surface area (Å²) in [5, 5.41) is 5.66. The molecule has 2 saturated carbocycles. The molecule has 1 aromatic rings. The van der Waals surface area contributed by atoms with Gasteiger partial charge in [0.05, 0.1) is 0 Å². The molecule has 1 aromatic carbocycles. The second-order valence-electron chi connectivity index (χ2n) is 7.88. The van der Waals surface area contributed by atoms with Crippen molar-refractivity contribution < 1.29 is 8.42 Å². The minimum Gasteiger partial charge on any atom is -0.360 e. The average Bonchev–Trinajstić information content (AvgIpc) is 3.30. The Hall–Kier alpha value is -1.44. The van der Waals surface area contributed by atoms with Crippen LogP contribution in [0, 0.1) is 11.8 Å². The van der Waals surface area contributed by atoms with Crippen LogP contribution in [0.1, 0.15) is 31.2 Å². The van der Waals surface area contributed by atoms with Crippen molar-refractivity contribution in [2.75, 3.05) is 26.2 Å². The van der Waals surface area contributed by atoms with Gasteiger partial charge in [-0.15, -0.1) is 0 Å². The van der Waals surface area contributed by atoms with Crippen molar-refractivity contribution in [3.63, 3.8) is 0 Å². The predicted octanol–water partition coefficient (Wildman–Crippen LogP) is 2.67. The van der Waals surface area contributed by atoms with E-state index in [0.29, 0.717) is 32.2 Å². The number of hydrogen-bond acceptors (Lipinski definition) is 3. The zero-order valence-corrected chi connectivity index (χ0v) is 17.1. The minimum atomic E-state index is -3.40. The molecule has 0 spiro atoms. The van der Waals surface area contributed by atoms with E-state index in [4.69, 9.17) is 12.2 Å². The lowest BCUT2D eigenvalue weighted by Crippen LogP contribution is -2.54. The molecule has 1 heterocycles. The highest BCUT2D eigenvalue weighted by molar-refractivity contribution is 7.92. The third-order valence-electron chi connectivity index (χ3n) is 6.16. The SMILES string of the molecule is O=S(=O)(/C=C/c1ccccc1)N1CCN(C(=S)N[C@@H]2C[C@@H]3CC[C@@H]2C3)CC1. The van der Waals surface area contributed by atoms with Gasteiger partial charge < -0.3 is 10.2 Å². The molecular formula is C20H27N3O2S2. The van der Waals surface area contributed by atoms with Crippen molar-refractivity contribution in [1.29, 1.82) is 0 Å². The van der Waals surface area contributed by atoms with Crippen LogP contribution in [0.4, 0.5) is 0 Å². The van der Waals surface area contributed by atoms with Crippen LogP contribution >= 0.6 is 12.2 Å². The highest BCUT2D eigenvalue weighted by Gasteiger charge is 2.40. The lowest BCUT2D eigenvalue weighted by molar-refractivity contribution is 0.260. The highest BCUT2D eigenvalue weighted by atomic mass is 32.2. The zero-order valence-electron chi connectivity index (χ0n) is 15.5. The topological polar surface area (TPSA) is 52.7 Å². The first-order valence-electron chi connectivity index (χ1n) is 9.80. The molecule has 2 aliphatic carbocycles. The van der Waals surface area contributed by atoms with Gasteiger partial charge in [-0.25, -0.2) is 8.42 Å². The highest BCUT2D eigenvalue weighted by Crippen LogP contribution is 2.44. The van der Waals surface area contributed by atoms with Gasteiger partial charge in [0, 0.05) is 37.6 Å². The summed E-state index contributed by atoms with van der Waals surface area (Å²) in [5.74, 6) is 1.66. The molecule has 7 heteroatoms. The number of nitrogens with one attached hydrogen (secondary N) is 1. The van der Waals surface area contributed by atoms with E-state index in [-0.39, 0.29) is 0 Å². The molecule has 3 fully saturated rings. The number of fused-ring (bicyclic) bond motifs is 2. The van der Waals surface area contributed by atoms with E-state index in [0.717, 1.165) is 22.5 Å². The van der Waals surface area contributed by atoms with Gasteiger partial charge in [0.15, 0.2) is 5.11 Å². The summed E-state index contributed by atoms with van der Waals surface area (Å²) in [5.41, 5.74) is 0.885. The van der Waals surface area contributed by atoms with Crippen LogP contribution in [-0.4, -0.2) is 55.0 Å². The first kappa shape index (κ1) is 18.9. The predicted molar refractivity (Wildman–Crippen MR) is 113 cm³/mol. The van der Waals surface area contributed by atoms with Crippen LogP contribution in [-0.2, 0) is 10.0 Å². The third-order valence-corrected chi connectivity index (χ3v) is 8.11. The molecule has 5 nitrogen and oxygen atoms in total. The van der Waals surface area contributed by atoms with Crippen LogP contribution < -0.4 is 5.32 Å². The molecule has 0 amide bonds. The molecule has 1 aliphatic heterocycles. The Labute approximate surface area is 167 Å². The maximum Gasteiger partial charge on any atom is 0.236 e.